The first kappa shape index (κ1) is 28.0. The molecule has 0 saturated heterocycles. The van der Waals surface area contributed by atoms with Crippen LogP contribution in [0.1, 0.15) is 56.4 Å². The first-order chi connectivity index (χ1) is 19.3. The van der Waals surface area contributed by atoms with Crippen LogP contribution in [0, 0.1) is 20.8 Å². The molecule has 0 bridgehead atoms. The van der Waals surface area contributed by atoms with Crippen LogP contribution in [-0.4, -0.2) is 38.6 Å². The summed E-state index contributed by atoms with van der Waals surface area (Å²) in [4.78, 5) is 33.5. The number of aliphatic hydroxyl groups is 1. The summed E-state index contributed by atoms with van der Waals surface area (Å²) in [5.74, 6) is -0.322. The van der Waals surface area contributed by atoms with Crippen molar-refractivity contribution >= 4 is 51.3 Å². The fraction of sp³-hybridized carbons (Fsp3) is 0.276. The largest absolute Gasteiger partial charge is 0.503 e. The predicted molar refractivity (Wildman–Crippen MR) is 159 cm³/mol. The average molecular weight is 593 g/mol. The molecule has 0 saturated carbocycles. The molecular weight excluding hydrogens is 565 g/mol. The van der Waals surface area contributed by atoms with Gasteiger partial charge in [0.1, 0.15) is 5.75 Å². The average Bonchev–Trinajstić information content (AvgIpc) is 3.62. The molecule has 1 unspecified atom stereocenters. The van der Waals surface area contributed by atoms with E-state index in [0.717, 1.165) is 17.0 Å². The lowest BCUT2D eigenvalue weighted by Crippen LogP contribution is -2.31. The molecule has 4 aromatic rings. The molecule has 1 N–H and O–H groups in total. The van der Waals surface area contributed by atoms with Gasteiger partial charge >= 0.3 is 0 Å². The van der Waals surface area contributed by atoms with Crippen LogP contribution in [0.15, 0.2) is 64.2 Å². The molecule has 0 aliphatic carbocycles. The Kier molecular flexibility index (Phi) is 8.34. The summed E-state index contributed by atoms with van der Waals surface area (Å²) in [6.45, 7) is 8.22. The van der Waals surface area contributed by atoms with Crippen LogP contribution in [0.25, 0.3) is 0 Å². The molecule has 0 spiro atoms. The maximum atomic E-state index is 13.8. The molecule has 11 heteroatoms. The number of rotatable bonds is 10. The molecule has 8 nitrogen and oxygen atoms in total. The van der Waals surface area contributed by atoms with Gasteiger partial charge in [0.25, 0.3) is 5.91 Å². The zero-order chi connectivity index (χ0) is 28.4. The molecule has 2 aromatic carbocycles. The van der Waals surface area contributed by atoms with E-state index in [2.05, 4.69) is 39.4 Å². The molecule has 0 fully saturated rings. The number of hydrogen-bond donors (Lipinski definition) is 1. The minimum absolute atomic E-state index is 0.00281. The number of aromatic nitrogens is 3. The Bertz CT molecular complexity index is 1580. The van der Waals surface area contributed by atoms with Crippen molar-refractivity contribution in [3.63, 3.8) is 0 Å². The number of ether oxygens (including phenoxy) is 1. The summed E-state index contributed by atoms with van der Waals surface area (Å²) in [6.07, 6.45) is 0.872. The lowest BCUT2D eigenvalue weighted by atomic mass is 9.95. The summed E-state index contributed by atoms with van der Waals surface area (Å²) in [7, 11) is 0. The lowest BCUT2D eigenvalue weighted by molar-refractivity contribution is -0.117. The minimum atomic E-state index is -0.884. The zero-order valence-electron chi connectivity index (χ0n) is 22.5. The number of carbonyl (C=O) groups is 2. The van der Waals surface area contributed by atoms with Crippen LogP contribution >= 0.6 is 34.4 Å². The molecule has 2 aromatic heterocycles. The van der Waals surface area contributed by atoms with Crippen molar-refractivity contribution in [2.24, 2.45) is 0 Å². The van der Waals surface area contributed by atoms with Gasteiger partial charge in [0.2, 0.25) is 10.9 Å². The van der Waals surface area contributed by atoms with E-state index in [9.17, 15) is 14.7 Å². The summed E-state index contributed by atoms with van der Waals surface area (Å²) in [5, 5.41) is 20.7. The van der Waals surface area contributed by atoms with Gasteiger partial charge in [-0.3, -0.25) is 14.5 Å². The van der Waals surface area contributed by atoms with E-state index in [1.807, 2.05) is 20.8 Å². The Hall–Kier alpha value is -3.54. The lowest BCUT2D eigenvalue weighted by Gasteiger charge is -2.24. The van der Waals surface area contributed by atoms with Crippen LogP contribution in [-0.2, 0) is 10.5 Å². The van der Waals surface area contributed by atoms with E-state index in [0.29, 0.717) is 43.7 Å². The highest BCUT2D eigenvalue weighted by atomic mass is 32.2. The highest BCUT2D eigenvalue weighted by Gasteiger charge is 2.46. The van der Waals surface area contributed by atoms with Gasteiger partial charge < -0.3 is 9.84 Å². The van der Waals surface area contributed by atoms with Gasteiger partial charge in [-0.1, -0.05) is 72.0 Å². The van der Waals surface area contributed by atoms with E-state index < -0.39 is 23.5 Å². The number of ketones is 1. The number of thioether (sulfide) groups is 1. The maximum absolute atomic E-state index is 13.8. The van der Waals surface area contributed by atoms with E-state index in [4.69, 9.17) is 4.74 Å². The van der Waals surface area contributed by atoms with Crippen molar-refractivity contribution < 1.29 is 19.4 Å². The molecule has 206 valence electrons. The second-order valence-electron chi connectivity index (χ2n) is 9.36. The summed E-state index contributed by atoms with van der Waals surface area (Å²) < 4.78 is 6.40. The fourth-order valence-electron chi connectivity index (χ4n) is 4.37. The van der Waals surface area contributed by atoms with E-state index in [1.54, 1.807) is 31.2 Å². The van der Waals surface area contributed by atoms with Crippen LogP contribution in [0.4, 0.5) is 5.13 Å². The SMILES string of the molecule is CCCOc1ccc(C2C(C(=O)c3sc(C)nc3C)=C(O)C(=O)N2c2nnc(SCc3ccc(C)cc3)s2)cc1. The fourth-order valence-corrected chi connectivity index (χ4v) is 7.07. The van der Waals surface area contributed by atoms with Crippen LogP contribution < -0.4 is 9.64 Å². The van der Waals surface area contributed by atoms with Gasteiger partial charge in [-0.15, -0.1) is 21.5 Å². The third-order valence-corrected chi connectivity index (χ3v) is 9.51. The number of amides is 1. The third kappa shape index (κ3) is 5.67. The van der Waals surface area contributed by atoms with Crippen LogP contribution in [0.5, 0.6) is 5.75 Å². The normalized spacial score (nSPS) is 15.2. The second kappa shape index (κ2) is 11.9. The summed E-state index contributed by atoms with van der Waals surface area (Å²) >= 11 is 4.01. The molecule has 1 atom stereocenters. The Morgan fingerprint density at radius 2 is 1.77 bits per heavy atom. The van der Waals surface area contributed by atoms with Crippen molar-refractivity contribution in [3.8, 4) is 5.75 Å². The Morgan fingerprint density at radius 3 is 2.42 bits per heavy atom. The van der Waals surface area contributed by atoms with Gasteiger partial charge in [-0.05, 0) is 50.5 Å². The number of hydrogen-bond acceptors (Lipinski definition) is 10. The number of nitrogens with zero attached hydrogens (tertiary/aromatic N) is 4. The van der Waals surface area contributed by atoms with Gasteiger partial charge in [0.15, 0.2) is 10.1 Å². The van der Waals surface area contributed by atoms with Crippen molar-refractivity contribution in [2.75, 3.05) is 11.5 Å². The Labute approximate surface area is 244 Å². The third-order valence-electron chi connectivity index (χ3n) is 6.32. The topological polar surface area (TPSA) is 106 Å². The Balaban J connectivity index is 1.49. The smallest absolute Gasteiger partial charge is 0.296 e. The van der Waals surface area contributed by atoms with Gasteiger partial charge in [0, 0.05) is 5.75 Å². The van der Waals surface area contributed by atoms with Gasteiger partial charge in [0.05, 0.1) is 33.8 Å². The first-order valence-electron chi connectivity index (χ1n) is 12.8. The Morgan fingerprint density at radius 1 is 1.05 bits per heavy atom. The zero-order valence-corrected chi connectivity index (χ0v) is 25.0. The summed E-state index contributed by atoms with van der Waals surface area (Å²) in [5.41, 5.74) is 3.55. The van der Waals surface area contributed by atoms with Crippen molar-refractivity contribution in [1.29, 1.82) is 0 Å². The predicted octanol–water partition coefficient (Wildman–Crippen LogP) is 6.78. The number of aryl methyl sites for hydroxylation is 3. The van der Waals surface area contributed by atoms with E-state index in [1.165, 1.54) is 44.9 Å². The molecule has 5 rings (SSSR count). The van der Waals surface area contributed by atoms with Crippen LogP contribution in [0.3, 0.4) is 0 Å². The molecule has 40 heavy (non-hydrogen) atoms. The number of thiazole rings is 1. The number of anilines is 1. The molecule has 1 aliphatic rings. The molecule has 3 heterocycles. The standard InChI is InChI=1S/C29H28N4O4S3/c1-5-14-37-21-12-10-20(11-13-21)23-22(24(34)26-17(3)30-18(4)39-26)25(35)27(36)33(23)28-31-32-29(40-28)38-15-19-8-6-16(2)7-9-19/h6-13,23,35H,5,14-15H2,1-4H3. The number of benzene rings is 2. The quantitative estimate of drug-likeness (QED) is 0.122. The first-order valence-corrected chi connectivity index (χ1v) is 15.4. The monoisotopic (exact) mass is 592 g/mol. The maximum Gasteiger partial charge on any atom is 0.296 e. The highest BCUT2D eigenvalue weighted by Crippen LogP contribution is 2.44. The van der Waals surface area contributed by atoms with Crippen molar-refractivity contribution in [2.45, 2.75) is 50.3 Å². The van der Waals surface area contributed by atoms with Crippen LogP contribution in [0.2, 0.25) is 0 Å². The minimum Gasteiger partial charge on any atom is -0.503 e. The number of carbonyl (C=O) groups excluding carboxylic acids is 2. The van der Waals surface area contributed by atoms with E-state index >= 15 is 0 Å². The molecular formula is C29H28N4O4S3. The number of Topliss-reactive ketones (excluding diaryl/α,β-unsaturated/α-hetero) is 1. The van der Waals surface area contributed by atoms with Crippen molar-refractivity contribution in [1.82, 2.24) is 15.2 Å². The molecule has 0 radical (unpaired) electrons. The number of aliphatic hydroxyl groups excluding tert-OH is 1. The van der Waals surface area contributed by atoms with Gasteiger partial charge in [-0.2, -0.15) is 0 Å². The molecule has 1 aliphatic heterocycles. The summed E-state index contributed by atoms with van der Waals surface area (Å²) in [6, 6.07) is 14.6. The van der Waals surface area contributed by atoms with E-state index in [-0.39, 0.29) is 5.57 Å². The van der Waals surface area contributed by atoms with Crippen molar-refractivity contribution in [3.05, 3.63) is 92.1 Å². The van der Waals surface area contributed by atoms with Gasteiger partial charge in [-0.25, -0.2) is 4.98 Å². The highest BCUT2D eigenvalue weighted by molar-refractivity contribution is 8.00. The second-order valence-corrected chi connectivity index (χ2v) is 12.7. The molecule has 1 amide bonds.